The highest BCUT2D eigenvalue weighted by atomic mass is 16.5. The van der Waals surface area contributed by atoms with Crippen molar-refractivity contribution in [1.82, 2.24) is 4.90 Å². The van der Waals surface area contributed by atoms with Crippen LogP contribution in [0.5, 0.6) is 5.75 Å². The molecule has 0 bridgehead atoms. The molecular weight excluding hydrogens is 216 g/mol. The summed E-state index contributed by atoms with van der Waals surface area (Å²) in [5.41, 5.74) is 0.701. The number of rotatable bonds is 4. The van der Waals surface area contributed by atoms with E-state index in [0.29, 0.717) is 12.1 Å². The molecule has 0 unspecified atom stereocenters. The van der Waals surface area contributed by atoms with Gasteiger partial charge in [0.1, 0.15) is 25.4 Å². The molecule has 0 saturated carbocycles. The number of carbonyl (C=O) groups excluding carboxylic acids is 1. The van der Waals surface area contributed by atoms with E-state index in [1.807, 2.05) is 36.5 Å². The van der Waals surface area contributed by atoms with E-state index in [4.69, 9.17) is 4.74 Å². The van der Waals surface area contributed by atoms with Gasteiger partial charge in [-0.15, -0.1) is 0 Å². The fraction of sp³-hybridized carbons (Fsp3) is 0.385. The van der Waals surface area contributed by atoms with Gasteiger partial charge < -0.3 is 4.74 Å². The number of carbonyl (C=O) groups is 1. The van der Waals surface area contributed by atoms with Crippen LogP contribution in [0.4, 0.5) is 0 Å². The number of ketones is 1. The maximum absolute atomic E-state index is 12.0. The molecule has 0 radical (unpaired) electrons. The van der Waals surface area contributed by atoms with Crippen molar-refractivity contribution in [2.75, 3.05) is 33.8 Å². The van der Waals surface area contributed by atoms with Crippen LogP contribution in [0.15, 0.2) is 24.3 Å². The summed E-state index contributed by atoms with van der Waals surface area (Å²) in [6, 6.07) is 7.28. The summed E-state index contributed by atoms with van der Waals surface area (Å²) in [5, 5.41) is 0. The summed E-state index contributed by atoms with van der Waals surface area (Å²) in [6.07, 6.45) is 1.98. The second kappa shape index (κ2) is 4.99. The van der Waals surface area contributed by atoms with Crippen molar-refractivity contribution in [2.45, 2.75) is 0 Å². The molecule has 4 nitrogen and oxygen atoms in total. The fourth-order valence-electron chi connectivity index (χ4n) is 1.87. The van der Waals surface area contributed by atoms with Crippen molar-refractivity contribution in [2.24, 2.45) is 0 Å². The Balaban J connectivity index is 2.04. The first-order chi connectivity index (χ1) is 8.19. The van der Waals surface area contributed by atoms with Crippen LogP contribution in [0.1, 0.15) is 10.4 Å². The quantitative estimate of drug-likeness (QED) is 0.571. The summed E-state index contributed by atoms with van der Waals surface area (Å²) in [5.74, 6) is 0.841. The SMILES string of the molecule is COc1cccc(C(=O)CN2C=[N+](C)CC2)c1. The van der Waals surface area contributed by atoms with Crippen molar-refractivity contribution in [3.63, 3.8) is 0 Å². The van der Waals surface area contributed by atoms with Crippen molar-refractivity contribution in [3.05, 3.63) is 29.8 Å². The first-order valence-corrected chi connectivity index (χ1v) is 5.65. The van der Waals surface area contributed by atoms with Crippen LogP contribution in [-0.2, 0) is 0 Å². The lowest BCUT2D eigenvalue weighted by molar-refractivity contribution is -0.482. The molecule has 0 atom stereocenters. The van der Waals surface area contributed by atoms with E-state index >= 15 is 0 Å². The molecule has 0 saturated heterocycles. The molecular formula is C13H17N2O2+. The zero-order chi connectivity index (χ0) is 12.3. The standard InChI is InChI=1S/C13H17N2O2/c1-14-6-7-15(10-14)9-13(16)11-4-3-5-12(8-11)17-2/h3-5,8,10H,6-7,9H2,1-2H3/q+1. The van der Waals surface area contributed by atoms with Crippen LogP contribution in [0.25, 0.3) is 0 Å². The molecule has 0 amide bonds. The second-order valence-corrected chi connectivity index (χ2v) is 4.22. The third kappa shape index (κ3) is 2.84. The third-order valence-corrected chi connectivity index (χ3v) is 2.84. The molecule has 0 fully saturated rings. The van der Waals surface area contributed by atoms with E-state index in [2.05, 4.69) is 4.58 Å². The minimum Gasteiger partial charge on any atom is -0.497 e. The molecule has 0 spiro atoms. The monoisotopic (exact) mass is 233 g/mol. The molecule has 1 aliphatic rings. The largest absolute Gasteiger partial charge is 0.497 e. The van der Waals surface area contributed by atoms with Crippen LogP contribution in [0, 0.1) is 0 Å². The molecule has 0 N–H and O–H groups in total. The van der Waals surface area contributed by atoms with E-state index < -0.39 is 0 Å². The van der Waals surface area contributed by atoms with Gasteiger partial charge in [0, 0.05) is 5.56 Å². The number of hydrogen-bond acceptors (Lipinski definition) is 3. The molecule has 2 rings (SSSR count). The van der Waals surface area contributed by atoms with Crippen LogP contribution < -0.4 is 4.74 Å². The van der Waals surface area contributed by atoms with Gasteiger partial charge in [-0.25, -0.2) is 0 Å². The maximum atomic E-state index is 12.0. The van der Waals surface area contributed by atoms with Crippen LogP contribution in [0.3, 0.4) is 0 Å². The van der Waals surface area contributed by atoms with E-state index in [9.17, 15) is 4.79 Å². The Morgan fingerprint density at radius 2 is 2.35 bits per heavy atom. The lowest BCUT2D eigenvalue weighted by atomic mass is 10.1. The van der Waals surface area contributed by atoms with Gasteiger partial charge in [-0.05, 0) is 12.1 Å². The highest BCUT2D eigenvalue weighted by Crippen LogP contribution is 2.13. The van der Waals surface area contributed by atoms with Crippen molar-refractivity contribution >= 4 is 12.1 Å². The minimum atomic E-state index is 0.121. The fourth-order valence-corrected chi connectivity index (χ4v) is 1.87. The average molecular weight is 233 g/mol. The summed E-state index contributed by atoms with van der Waals surface area (Å²) in [7, 11) is 3.61. The number of Topliss-reactive ketones (excluding diaryl/α,β-unsaturated/α-hetero) is 1. The van der Waals surface area contributed by atoms with E-state index in [1.165, 1.54) is 0 Å². The van der Waals surface area contributed by atoms with Gasteiger partial charge >= 0.3 is 0 Å². The number of likely N-dealkylation sites (N-methyl/N-ethyl adjacent to an activating group) is 1. The number of benzene rings is 1. The predicted octanol–water partition coefficient (Wildman–Crippen LogP) is 0.864. The van der Waals surface area contributed by atoms with Gasteiger partial charge in [-0.3, -0.25) is 14.3 Å². The van der Waals surface area contributed by atoms with Gasteiger partial charge in [-0.2, -0.15) is 0 Å². The number of hydrogen-bond donors (Lipinski definition) is 0. The zero-order valence-corrected chi connectivity index (χ0v) is 10.2. The summed E-state index contributed by atoms with van der Waals surface area (Å²) in [6.45, 7) is 2.31. The zero-order valence-electron chi connectivity index (χ0n) is 10.2. The molecule has 0 aromatic heterocycles. The molecule has 1 aromatic carbocycles. The third-order valence-electron chi connectivity index (χ3n) is 2.84. The van der Waals surface area contributed by atoms with E-state index in [1.54, 1.807) is 13.2 Å². The predicted molar refractivity (Wildman–Crippen MR) is 66.0 cm³/mol. The maximum Gasteiger partial charge on any atom is 0.234 e. The normalized spacial score (nSPS) is 14.7. The highest BCUT2D eigenvalue weighted by Gasteiger charge is 2.20. The summed E-state index contributed by atoms with van der Waals surface area (Å²) in [4.78, 5) is 14.1. The molecule has 17 heavy (non-hydrogen) atoms. The molecule has 4 heteroatoms. The van der Waals surface area contributed by atoms with Crippen LogP contribution in [-0.4, -0.2) is 55.4 Å². The molecule has 1 aliphatic heterocycles. The number of methoxy groups -OCH3 is 1. The number of nitrogens with zero attached hydrogens (tertiary/aromatic N) is 2. The number of ether oxygens (including phenoxy) is 1. The highest BCUT2D eigenvalue weighted by molar-refractivity contribution is 5.98. The minimum absolute atomic E-state index is 0.121. The van der Waals surface area contributed by atoms with Gasteiger partial charge in [-0.1, -0.05) is 12.1 Å². The first-order valence-electron chi connectivity index (χ1n) is 5.65. The Kier molecular flexibility index (Phi) is 3.42. The van der Waals surface area contributed by atoms with Gasteiger partial charge in [0.2, 0.25) is 12.1 Å². The van der Waals surface area contributed by atoms with Crippen LogP contribution >= 0.6 is 0 Å². The van der Waals surface area contributed by atoms with E-state index in [0.717, 1.165) is 18.8 Å². The van der Waals surface area contributed by atoms with Gasteiger partial charge in [0.05, 0.1) is 14.2 Å². The molecule has 1 aromatic rings. The second-order valence-electron chi connectivity index (χ2n) is 4.22. The molecule has 90 valence electrons. The van der Waals surface area contributed by atoms with Crippen LogP contribution in [0.2, 0.25) is 0 Å². The Labute approximate surface area is 101 Å². The van der Waals surface area contributed by atoms with Crippen molar-refractivity contribution in [1.29, 1.82) is 0 Å². The molecule has 0 aliphatic carbocycles. The van der Waals surface area contributed by atoms with Crippen molar-refractivity contribution < 1.29 is 14.1 Å². The molecule has 1 heterocycles. The van der Waals surface area contributed by atoms with Crippen molar-refractivity contribution in [3.8, 4) is 5.75 Å². The Morgan fingerprint density at radius 3 is 3.00 bits per heavy atom. The first kappa shape index (κ1) is 11.6. The van der Waals surface area contributed by atoms with Gasteiger partial charge in [0.15, 0.2) is 0 Å². The Bertz CT molecular complexity index is 454. The Morgan fingerprint density at radius 1 is 1.53 bits per heavy atom. The summed E-state index contributed by atoms with van der Waals surface area (Å²) >= 11 is 0. The topological polar surface area (TPSA) is 32.5 Å². The Hall–Kier alpha value is -1.84. The van der Waals surface area contributed by atoms with Gasteiger partial charge in [0.25, 0.3) is 0 Å². The lowest BCUT2D eigenvalue weighted by Crippen LogP contribution is -2.27. The van der Waals surface area contributed by atoms with E-state index in [-0.39, 0.29) is 5.78 Å². The summed E-state index contributed by atoms with van der Waals surface area (Å²) < 4.78 is 7.19. The lowest BCUT2D eigenvalue weighted by Gasteiger charge is -2.07. The smallest absolute Gasteiger partial charge is 0.234 e. The average Bonchev–Trinajstić information content (AvgIpc) is 2.75.